The minimum absolute atomic E-state index is 0.0793. The maximum Gasteiger partial charge on any atom is 0.256 e. The number of aryl methyl sites for hydroxylation is 2. The Morgan fingerprint density at radius 3 is 2.86 bits per heavy atom. The molecule has 0 spiro atoms. The van der Waals surface area contributed by atoms with E-state index in [1.807, 2.05) is 30.9 Å². The molecule has 0 N–H and O–H groups in total. The van der Waals surface area contributed by atoms with Crippen LogP contribution in [0.4, 0.5) is 0 Å². The minimum Gasteiger partial charge on any atom is -0.361 e. The molecule has 0 atom stereocenters. The van der Waals surface area contributed by atoms with Crippen LogP contribution in [-0.2, 0) is 5.75 Å². The number of hydrogen-bond acceptors (Lipinski definition) is 5. The normalized spacial score (nSPS) is 14.1. The second-order valence-corrected chi connectivity index (χ2v) is 6.06. The van der Waals surface area contributed by atoms with Crippen LogP contribution in [0.25, 0.3) is 0 Å². The molecule has 5 nitrogen and oxygen atoms in total. The van der Waals surface area contributed by atoms with Gasteiger partial charge >= 0.3 is 0 Å². The van der Waals surface area contributed by atoms with Crippen LogP contribution in [0.15, 0.2) is 27.9 Å². The predicted molar refractivity (Wildman–Crippen MR) is 80.3 cm³/mol. The molecule has 2 aromatic heterocycles. The summed E-state index contributed by atoms with van der Waals surface area (Å²) in [4.78, 5) is 18.6. The van der Waals surface area contributed by atoms with E-state index in [9.17, 15) is 4.79 Å². The lowest BCUT2D eigenvalue weighted by atomic mass is 10.1. The molecule has 110 valence electrons. The van der Waals surface area contributed by atoms with Gasteiger partial charge in [0.05, 0.1) is 11.3 Å². The SMILES string of the molecule is Cc1noc(C)c1CSc1ncccc1C(=O)N1CCC1. The Kier molecular flexibility index (Phi) is 3.96. The van der Waals surface area contributed by atoms with E-state index >= 15 is 0 Å². The summed E-state index contributed by atoms with van der Waals surface area (Å²) in [6, 6.07) is 3.66. The van der Waals surface area contributed by atoms with Crippen molar-refractivity contribution in [3.63, 3.8) is 0 Å². The van der Waals surface area contributed by atoms with Crippen LogP contribution in [0.3, 0.4) is 0 Å². The number of pyridine rings is 1. The van der Waals surface area contributed by atoms with Crippen molar-refractivity contribution >= 4 is 17.7 Å². The van der Waals surface area contributed by atoms with E-state index in [0.29, 0.717) is 11.3 Å². The summed E-state index contributed by atoms with van der Waals surface area (Å²) in [6.07, 6.45) is 2.82. The van der Waals surface area contributed by atoms with E-state index in [1.165, 1.54) is 0 Å². The molecule has 3 rings (SSSR count). The second-order valence-electron chi connectivity index (χ2n) is 5.09. The summed E-state index contributed by atoms with van der Waals surface area (Å²) in [5.74, 6) is 1.61. The predicted octanol–water partition coefficient (Wildman–Crippen LogP) is 2.82. The fraction of sp³-hybridized carbons (Fsp3) is 0.400. The summed E-state index contributed by atoms with van der Waals surface area (Å²) in [5, 5.41) is 4.73. The first-order chi connectivity index (χ1) is 10.2. The molecule has 0 bridgehead atoms. The molecular weight excluding hydrogens is 286 g/mol. The highest BCUT2D eigenvalue weighted by atomic mass is 32.2. The highest BCUT2D eigenvalue weighted by molar-refractivity contribution is 7.98. The molecule has 0 unspecified atom stereocenters. The standard InChI is InChI=1S/C15H17N3O2S/c1-10-13(11(2)20-17-10)9-21-14-12(5-3-6-16-14)15(19)18-7-4-8-18/h3,5-6H,4,7-9H2,1-2H3. The number of thioether (sulfide) groups is 1. The van der Waals surface area contributed by atoms with Crippen molar-refractivity contribution in [2.75, 3.05) is 13.1 Å². The first kappa shape index (κ1) is 14.1. The van der Waals surface area contributed by atoms with Crippen LogP contribution in [0.5, 0.6) is 0 Å². The molecule has 0 aromatic carbocycles. The molecule has 1 aliphatic rings. The summed E-state index contributed by atoms with van der Waals surface area (Å²) < 4.78 is 5.17. The van der Waals surface area contributed by atoms with Crippen molar-refractivity contribution in [1.29, 1.82) is 0 Å². The Morgan fingerprint density at radius 1 is 1.43 bits per heavy atom. The quantitative estimate of drug-likeness (QED) is 0.813. The summed E-state index contributed by atoms with van der Waals surface area (Å²) in [6.45, 7) is 5.53. The largest absolute Gasteiger partial charge is 0.361 e. The van der Waals surface area contributed by atoms with Crippen LogP contribution < -0.4 is 0 Å². The molecule has 6 heteroatoms. The van der Waals surface area contributed by atoms with Crippen LogP contribution in [0.2, 0.25) is 0 Å². The molecule has 2 aromatic rings. The zero-order valence-electron chi connectivity index (χ0n) is 12.1. The van der Waals surface area contributed by atoms with Gasteiger partial charge in [-0.15, -0.1) is 11.8 Å². The Hall–Kier alpha value is -1.82. The van der Waals surface area contributed by atoms with E-state index in [0.717, 1.165) is 41.6 Å². The smallest absolute Gasteiger partial charge is 0.256 e. The monoisotopic (exact) mass is 303 g/mol. The van der Waals surface area contributed by atoms with Crippen molar-refractivity contribution in [2.45, 2.75) is 31.0 Å². The first-order valence-electron chi connectivity index (χ1n) is 6.95. The number of carbonyl (C=O) groups is 1. The maximum absolute atomic E-state index is 12.4. The van der Waals surface area contributed by atoms with Gasteiger partial charge in [-0.05, 0) is 32.4 Å². The first-order valence-corrected chi connectivity index (χ1v) is 7.94. The van der Waals surface area contributed by atoms with E-state index < -0.39 is 0 Å². The zero-order chi connectivity index (χ0) is 14.8. The molecule has 1 saturated heterocycles. The third-order valence-corrected chi connectivity index (χ3v) is 4.71. The van der Waals surface area contributed by atoms with Crippen molar-refractivity contribution in [1.82, 2.24) is 15.0 Å². The lowest BCUT2D eigenvalue weighted by Crippen LogP contribution is -2.42. The van der Waals surface area contributed by atoms with Crippen LogP contribution >= 0.6 is 11.8 Å². The summed E-state index contributed by atoms with van der Waals surface area (Å²) >= 11 is 1.55. The number of aromatic nitrogens is 2. The average molecular weight is 303 g/mol. The average Bonchev–Trinajstić information content (AvgIpc) is 2.74. The van der Waals surface area contributed by atoms with E-state index in [1.54, 1.807) is 18.0 Å². The second kappa shape index (κ2) is 5.89. The van der Waals surface area contributed by atoms with Gasteiger partial charge in [-0.25, -0.2) is 4.98 Å². The van der Waals surface area contributed by atoms with Gasteiger partial charge in [-0.1, -0.05) is 5.16 Å². The molecular formula is C15H17N3O2S. The van der Waals surface area contributed by atoms with Crippen LogP contribution in [0.1, 0.15) is 33.8 Å². The van der Waals surface area contributed by atoms with Gasteiger partial charge < -0.3 is 9.42 Å². The Balaban J connectivity index is 1.78. The molecule has 21 heavy (non-hydrogen) atoms. The lowest BCUT2D eigenvalue weighted by molar-refractivity contribution is 0.0647. The van der Waals surface area contributed by atoms with Gasteiger partial charge in [-0.3, -0.25) is 4.79 Å². The summed E-state index contributed by atoms with van der Waals surface area (Å²) in [7, 11) is 0. The minimum atomic E-state index is 0.0793. The topological polar surface area (TPSA) is 59.2 Å². The molecule has 0 saturated carbocycles. The Morgan fingerprint density at radius 2 is 2.24 bits per heavy atom. The van der Waals surface area contributed by atoms with E-state index in [4.69, 9.17) is 4.52 Å². The molecule has 1 aliphatic heterocycles. The number of likely N-dealkylation sites (tertiary alicyclic amines) is 1. The molecule has 0 radical (unpaired) electrons. The number of rotatable bonds is 4. The molecule has 3 heterocycles. The van der Waals surface area contributed by atoms with E-state index in [-0.39, 0.29) is 5.91 Å². The Labute approximate surface area is 127 Å². The molecule has 0 aliphatic carbocycles. The summed E-state index contributed by atoms with van der Waals surface area (Å²) in [5.41, 5.74) is 2.66. The molecule has 1 amide bonds. The van der Waals surface area contributed by atoms with Gasteiger partial charge in [0.1, 0.15) is 10.8 Å². The number of hydrogen-bond donors (Lipinski definition) is 0. The van der Waals surface area contributed by atoms with Crippen molar-refractivity contribution in [3.8, 4) is 0 Å². The number of nitrogens with zero attached hydrogens (tertiary/aromatic N) is 3. The molecule has 1 fully saturated rings. The van der Waals surface area contributed by atoms with Gasteiger partial charge in [-0.2, -0.15) is 0 Å². The maximum atomic E-state index is 12.4. The van der Waals surface area contributed by atoms with Crippen LogP contribution in [0, 0.1) is 13.8 Å². The van der Waals surface area contributed by atoms with Gasteiger partial charge in [0.15, 0.2) is 0 Å². The zero-order valence-corrected chi connectivity index (χ0v) is 12.9. The Bertz CT molecular complexity index is 645. The number of carbonyl (C=O) groups excluding carboxylic acids is 1. The van der Waals surface area contributed by atoms with Gasteiger partial charge in [0, 0.05) is 30.6 Å². The van der Waals surface area contributed by atoms with Crippen molar-refractivity contribution < 1.29 is 9.32 Å². The highest BCUT2D eigenvalue weighted by Gasteiger charge is 2.24. The van der Waals surface area contributed by atoms with Crippen LogP contribution in [-0.4, -0.2) is 34.0 Å². The lowest BCUT2D eigenvalue weighted by Gasteiger charge is -2.31. The van der Waals surface area contributed by atoms with Crippen molar-refractivity contribution in [2.24, 2.45) is 0 Å². The third kappa shape index (κ3) is 2.81. The highest BCUT2D eigenvalue weighted by Crippen LogP contribution is 2.28. The number of amides is 1. The van der Waals surface area contributed by atoms with Crippen molar-refractivity contribution in [3.05, 3.63) is 40.9 Å². The third-order valence-electron chi connectivity index (χ3n) is 3.68. The fourth-order valence-corrected chi connectivity index (χ4v) is 3.35. The van der Waals surface area contributed by atoms with Gasteiger partial charge in [0.2, 0.25) is 0 Å². The fourth-order valence-electron chi connectivity index (χ4n) is 2.21. The van der Waals surface area contributed by atoms with E-state index in [2.05, 4.69) is 10.1 Å². The van der Waals surface area contributed by atoms with Gasteiger partial charge in [0.25, 0.3) is 5.91 Å².